The molecular formula is C18H16ClNO2S2. The summed E-state index contributed by atoms with van der Waals surface area (Å²) in [6.07, 6.45) is 0.184. The van der Waals surface area contributed by atoms with Gasteiger partial charge in [-0.1, -0.05) is 35.9 Å². The van der Waals surface area contributed by atoms with E-state index in [1.807, 2.05) is 52.5 Å². The summed E-state index contributed by atoms with van der Waals surface area (Å²) in [6.45, 7) is 0.119. The molecule has 2 aromatic heterocycles. The average molecular weight is 378 g/mol. The molecule has 24 heavy (non-hydrogen) atoms. The van der Waals surface area contributed by atoms with Gasteiger partial charge in [-0.25, -0.2) is 0 Å². The number of benzene rings is 1. The molecule has 0 unspecified atom stereocenters. The molecule has 3 aromatic rings. The van der Waals surface area contributed by atoms with Crippen LogP contribution in [0.2, 0.25) is 5.02 Å². The van der Waals surface area contributed by atoms with Crippen molar-refractivity contribution in [2.75, 3.05) is 6.54 Å². The molecule has 2 heterocycles. The van der Waals surface area contributed by atoms with Gasteiger partial charge in [0.25, 0.3) is 0 Å². The molecule has 2 N–H and O–H groups in total. The predicted octanol–water partition coefficient (Wildman–Crippen LogP) is 4.06. The largest absolute Gasteiger partial charge is 0.378 e. The lowest BCUT2D eigenvalue weighted by molar-refractivity contribution is -0.121. The number of aliphatic hydroxyl groups is 1. The fourth-order valence-electron chi connectivity index (χ4n) is 2.45. The number of carbonyl (C=O) groups excluding carboxylic acids is 1. The van der Waals surface area contributed by atoms with E-state index in [2.05, 4.69) is 5.32 Å². The van der Waals surface area contributed by atoms with Crippen LogP contribution in [0.15, 0.2) is 58.6 Å². The number of rotatable bonds is 6. The molecule has 0 saturated carbocycles. The standard InChI is InChI=1S/C18H16ClNO2S2/c19-15-5-2-1-4-13(15)10-17(21)20-12-18(22,14-7-9-23-11-14)16-6-3-8-24-16/h1-9,11,22H,10,12H2,(H,20,21)/t18-/m1/s1. The van der Waals surface area contributed by atoms with E-state index in [4.69, 9.17) is 11.6 Å². The second kappa shape index (κ2) is 7.49. The lowest BCUT2D eigenvalue weighted by atomic mass is 9.94. The second-order valence-corrected chi connectivity index (χ2v) is 7.53. The Balaban J connectivity index is 1.73. The van der Waals surface area contributed by atoms with E-state index in [1.165, 1.54) is 22.7 Å². The molecule has 0 aliphatic heterocycles. The molecule has 6 heteroatoms. The normalized spacial score (nSPS) is 13.4. The summed E-state index contributed by atoms with van der Waals surface area (Å²) >= 11 is 9.08. The van der Waals surface area contributed by atoms with Crippen LogP contribution < -0.4 is 5.32 Å². The summed E-state index contributed by atoms with van der Waals surface area (Å²) in [5.41, 5.74) is 0.337. The predicted molar refractivity (Wildman–Crippen MR) is 99.8 cm³/mol. The van der Waals surface area contributed by atoms with Crippen LogP contribution >= 0.6 is 34.3 Å². The third kappa shape index (κ3) is 3.70. The maximum atomic E-state index is 12.3. The van der Waals surface area contributed by atoms with Gasteiger partial charge >= 0.3 is 0 Å². The van der Waals surface area contributed by atoms with Crippen LogP contribution in [-0.4, -0.2) is 17.6 Å². The van der Waals surface area contributed by atoms with Gasteiger partial charge in [0, 0.05) is 15.5 Å². The van der Waals surface area contributed by atoms with Crippen molar-refractivity contribution >= 4 is 40.2 Å². The van der Waals surface area contributed by atoms with Crippen molar-refractivity contribution < 1.29 is 9.90 Å². The number of thiophene rings is 2. The van der Waals surface area contributed by atoms with Crippen LogP contribution in [0.25, 0.3) is 0 Å². The first-order valence-electron chi connectivity index (χ1n) is 7.39. The van der Waals surface area contributed by atoms with E-state index in [-0.39, 0.29) is 18.9 Å². The summed E-state index contributed by atoms with van der Waals surface area (Å²) < 4.78 is 0. The maximum absolute atomic E-state index is 12.3. The minimum absolute atomic E-state index is 0.119. The molecule has 0 radical (unpaired) electrons. The summed E-state index contributed by atoms with van der Waals surface area (Å²) in [7, 11) is 0. The van der Waals surface area contributed by atoms with Gasteiger partial charge in [0.2, 0.25) is 5.91 Å². The highest BCUT2D eigenvalue weighted by Gasteiger charge is 2.33. The highest BCUT2D eigenvalue weighted by atomic mass is 35.5. The SMILES string of the molecule is O=C(Cc1ccccc1Cl)NC[C@@](O)(c1ccsc1)c1cccs1. The Labute approximate surface area is 153 Å². The monoisotopic (exact) mass is 377 g/mol. The fourth-order valence-corrected chi connectivity index (χ4v) is 4.22. The van der Waals surface area contributed by atoms with Gasteiger partial charge in [-0.2, -0.15) is 11.3 Å². The molecule has 1 amide bonds. The molecule has 0 aliphatic rings. The van der Waals surface area contributed by atoms with Crippen LogP contribution in [0.1, 0.15) is 16.0 Å². The summed E-state index contributed by atoms with van der Waals surface area (Å²) in [5, 5.41) is 20.3. The van der Waals surface area contributed by atoms with Gasteiger partial charge < -0.3 is 10.4 Å². The topological polar surface area (TPSA) is 49.3 Å². The van der Waals surface area contributed by atoms with Crippen LogP contribution in [0.3, 0.4) is 0 Å². The number of hydrogen-bond acceptors (Lipinski definition) is 4. The molecule has 1 atom stereocenters. The van der Waals surface area contributed by atoms with Gasteiger partial charge in [0.15, 0.2) is 0 Å². The first-order valence-corrected chi connectivity index (χ1v) is 9.59. The Bertz CT molecular complexity index is 766. The van der Waals surface area contributed by atoms with Crippen LogP contribution in [0, 0.1) is 0 Å². The molecule has 0 aliphatic carbocycles. The Morgan fingerprint density at radius 1 is 1.17 bits per heavy atom. The lowest BCUT2D eigenvalue weighted by Gasteiger charge is -2.27. The first kappa shape index (κ1) is 17.2. The quantitative estimate of drug-likeness (QED) is 0.680. The zero-order valence-electron chi connectivity index (χ0n) is 12.7. The third-order valence-electron chi connectivity index (χ3n) is 3.78. The van der Waals surface area contributed by atoms with Gasteiger partial charge in [-0.3, -0.25) is 4.79 Å². The highest BCUT2D eigenvalue weighted by Crippen LogP contribution is 2.33. The second-order valence-electron chi connectivity index (χ2n) is 5.39. The van der Waals surface area contributed by atoms with Gasteiger partial charge in [0.1, 0.15) is 5.60 Å². The minimum Gasteiger partial charge on any atom is -0.378 e. The molecule has 3 rings (SSSR count). The van der Waals surface area contributed by atoms with E-state index in [0.29, 0.717) is 5.02 Å². The lowest BCUT2D eigenvalue weighted by Crippen LogP contribution is -2.41. The minimum atomic E-state index is -1.22. The average Bonchev–Trinajstić information content (AvgIpc) is 3.28. The molecular weight excluding hydrogens is 362 g/mol. The van der Waals surface area contributed by atoms with Crippen molar-refractivity contribution in [3.05, 3.63) is 79.6 Å². The Morgan fingerprint density at radius 2 is 2.00 bits per heavy atom. The van der Waals surface area contributed by atoms with Crippen molar-refractivity contribution in [2.45, 2.75) is 12.0 Å². The van der Waals surface area contributed by atoms with Crippen LogP contribution in [0.5, 0.6) is 0 Å². The number of halogens is 1. The van der Waals surface area contributed by atoms with Crippen LogP contribution in [0.4, 0.5) is 0 Å². The Kier molecular flexibility index (Phi) is 5.36. The molecule has 0 saturated heterocycles. The molecule has 124 valence electrons. The Hall–Kier alpha value is -1.66. The van der Waals surface area contributed by atoms with Crippen LogP contribution in [-0.2, 0) is 16.8 Å². The molecule has 0 spiro atoms. The molecule has 3 nitrogen and oxygen atoms in total. The van der Waals surface area contributed by atoms with Crippen molar-refractivity contribution in [3.63, 3.8) is 0 Å². The van der Waals surface area contributed by atoms with Gasteiger partial charge in [-0.05, 0) is 39.9 Å². The third-order valence-corrected chi connectivity index (χ3v) is 5.85. The number of hydrogen-bond donors (Lipinski definition) is 2. The maximum Gasteiger partial charge on any atom is 0.224 e. The summed E-state index contributed by atoms with van der Waals surface area (Å²) in [4.78, 5) is 13.1. The van der Waals surface area contributed by atoms with Crippen molar-refractivity contribution in [1.29, 1.82) is 0 Å². The van der Waals surface area contributed by atoms with Crippen molar-refractivity contribution in [2.24, 2.45) is 0 Å². The smallest absolute Gasteiger partial charge is 0.224 e. The van der Waals surface area contributed by atoms with Gasteiger partial charge in [0.05, 0.1) is 13.0 Å². The molecule has 0 fully saturated rings. The number of nitrogens with one attached hydrogen (secondary N) is 1. The molecule has 1 aromatic carbocycles. The van der Waals surface area contributed by atoms with Gasteiger partial charge in [-0.15, -0.1) is 11.3 Å². The highest BCUT2D eigenvalue weighted by molar-refractivity contribution is 7.10. The van der Waals surface area contributed by atoms with Crippen molar-refractivity contribution in [1.82, 2.24) is 5.32 Å². The number of carbonyl (C=O) groups is 1. The fraction of sp³-hybridized carbons (Fsp3) is 0.167. The number of amides is 1. The van der Waals surface area contributed by atoms with E-state index >= 15 is 0 Å². The zero-order valence-corrected chi connectivity index (χ0v) is 15.1. The van der Waals surface area contributed by atoms with E-state index in [9.17, 15) is 9.90 Å². The van der Waals surface area contributed by atoms with E-state index < -0.39 is 5.60 Å². The summed E-state index contributed by atoms with van der Waals surface area (Å²) in [5.74, 6) is -0.173. The van der Waals surface area contributed by atoms with E-state index in [1.54, 1.807) is 6.07 Å². The molecule has 0 bridgehead atoms. The first-order chi connectivity index (χ1) is 11.6. The van der Waals surface area contributed by atoms with E-state index in [0.717, 1.165) is 16.0 Å². The van der Waals surface area contributed by atoms with Crippen molar-refractivity contribution in [3.8, 4) is 0 Å². The summed E-state index contributed by atoms with van der Waals surface area (Å²) in [6, 6.07) is 12.9. The Morgan fingerprint density at radius 3 is 2.67 bits per heavy atom. The zero-order chi connectivity index (χ0) is 17.0.